The van der Waals surface area contributed by atoms with Gasteiger partial charge >= 0.3 is 0 Å². The summed E-state index contributed by atoms with van der Waals surface area (Å²) in [5.41, 5.74) is 9.55. The van der Waals surface area contributed by atoms with E-state index in [0.29, 0.717) is 22.3 Å². The molecule has 4 heterocycles. The fraction of sp³-hybridized carbons (Fsp3) is 0.194. The first-order chi connectivity index (χ1) is 19.8. The maximum absolute atomic E-state index is 14.2. The number of rotatable bonds is 4. The average molecular weight is 545 g/mol. The quantitative estimate of drug-likeness (QED) is 0.382. The number of aryl methyl sites for hydroxylation is 1. The Labute approximate surface area is 236 Å². The summed E-state index contributed by atoms with van der Waals surface area (Å²) in [6.45, 7) is 3.79. The van der Waals surface area contributed by atoms with E-state index in [2.05, 4.69) is 32.4 Å². The summed E-state index contributed by atoms with van der Waals surface area (Å²) in [6.07, 6.45) is 6.49. The average Bonchev–Trinajstić information content (AvgIpc) is 3.49. The highest BCUT2D eigenvalue weighted by Crippen LogP contribution is 2.25. The number of nitrogens with one attached hydrogen (secondary N) is 1. The van der Waals surface area contributed by atoms with Crippen molar-refractivity contribution in [1.82, 2.24) is 24.7 Å². The van der Waals surface area contributed by atoms with Crippen LogP contribution in [0.15, 0.2) is 87.8 Å². The lowest BCUT2D eigenvalue weighted by molar-refractivity contribution is -0.124. The number of aromatic nitrogens is 3. The van der Waals surface area contributed by atoms with Gasteiger partial charge in [-0.1, -0.05) is 42.2 Å². The Bertz CT molecular complexity index is 1890. The summed E-state index contributed by atoms with van der Waals surface area (Å²) >= 11 is 0. The van der Waals surface area contributed by atoms with Gasteiger partial charge in [-0.05, 0) is 55.7 Å². The van der Waals surface area contributed by atoms with E-state index in [0.717, 1.165) is 16.6 Å². The van der Waals surface area contributed by atoms with Gasteiger partial charge in [0.05, 0.1) is 28.9 Å². The predicted molar refractivity (Wildman–Crippen MR) is 159 cm³/mol. The summed E-state index contributed by atoms with van der Waals surface area (Å²) in [6, 6.07) is 15.5. The molecule has 3 N–H and O–H groups in total. The van der Waals surface area contributed by atoms with Gasteiger partial charge < -0.3 is 11.1 Å². The molecule has 6 rings (SSSR count). The maximum Gasteiger partial charge on any atom is 0.264 e. The Balaban J connectivity index is 1.43. The van der Waals surface area contributed by atoms with Crippen LogP contribution in [0.4, 0.5) is 0 Å². The van der Waals surface area contributed by atoms with Crippen molar-refractivity contribution in [2.75, 3.05) is 0 Å². The molecular weight excluding hydrogens is 516 g/mol. The minimum atomic E-state index is -0.848. The summed E-state index contributed by atoms with van der Waals surface area (Å²) in [5.74, 6) is 6.19. The van der Waals surface area contributed by atoms with Crippen molar-refractivity contribution in [1.29, 1.82) is 0 Å². The molecule has 204 valence electrons. The van der Waals surface area contributed by atoms with Crippen molar-refractivity contribution < 1.29 is 4.79 Å². The van der Waals surface area contributed by atoms with Crippen LogP contribution in [0.25, 0.3) is 16.5 Å². The smallest absolute Gasteiger partial charge is 0.264 e. The number of carbonyl (C=O) groups excluding carboxylic acids is 1. The SMILES string of the molecule is Cc1c(C#Cc2cccc3cc(C(C)NC(=O)C4C(N)=NC5C=CC=NN54)n(-c4ccccc4)c(=O)c23)cnn1C. The molecule has 0 aliphatic carbocycles. The number of hydrogen-bond acceptors (Lipinski definition) is 7. The van der Waals surface area contributed by atoms with Crippen LogP contribution in [0.1, 0.15) is 35.5 Å². The highest BCUT2D eigenvalue weighted by atomic mass is 16.2. The number of hydrogen-bond donors (Lipinski definition) is 2. The van der Waals surface area contributed by atoms with E-state index >= 15 is 0 Å². The van der Waals surface area contributed by atoms with Gasteiger partial charge in [-0.25, -0.2) is 10.0 Å². The molecule has 10 nitrogen and oxygen atoms in total. The topological polar surface area (TPSA) is 123 Å². The molecule has 0 saturated heterocycles. The number of aliphatic imine (C=N–C) groups is 1. The van der Waals surface area contributed by atoms with Crippen LogP contribution < -0.4 is 16.6 Å². The van der Waals surface area contributed by atoms with Gasteiger partial charge in [0.15, 0.2) is 12.2 Å². The number of para-hydroxylation sites is 1. The Kier molecular flexibility index (Phi) is 6.47. The van der Waals surface area contributed by atoms with Gasteiger partial charge in [-0.15, -0.1) is 0 Å². The van der Waals surface area contributed by atoms with E-state index in [1.165, 1.54) is 0 Å². The third-order valence-corrected chi connectivity index (χ3v) is 7.37. The molecule has 1 amide bonds. The standard InChI is InChI=1S/C31H28N8O2/c1-19(35-30(40)28-29(32)36-26-13-8-16-33-39(26)28)25-17-22-10-7-9-21(14-15-23-18-34-37(3)20(23)2)27(22)31(41)38(25)24-11-5-4-6-12-24/h4-13,16-19,26,28H,1-3H3,(H2,32,36)(H,35,40). The highest BCUT2D eigenvalue weighted by molar-refractivity contribution is 6.08. The Hall–Kier alpha value is -5.43. The number of nitrogens with zero attached hydrogens (tertiary/aromatic N) is 6. The van der Waals surface area contributed by atoms with Gasteiger partial charge in [0, 0.05) is 30.2 Å². The molecule has 3 atom stereocenters. The predicted octanol–water partition coefficient (Wildman–Crippen LogP) is 2.53. The van der Waals surface area contributed by atoms with Gasteiger partial charge in [0.25, 0.3) is 11.5 Å². The van der Waals surface area contributed by atoms with E-state index in [1.807, 2.05) is 81.6 Å². The van der Waals surface area contributed by atoms with Crippen LogP contribution in [0, 0.1) is 18.8 Å². The van der Waals surface area contributed by atoms with Crippen LogP contribution in [-0.2, 0) is 11.8 Å². The van der Waals surface area contributed by atoms with E-state index in [9.17, 15) is 9.59 Å². The van der Waals surface area contributed by atoms with Crippen molar-refractivity contribution in [2.24, 2.45) is 22.9 Å². The molecule has 2 aliphatic heterocycles. The summed E-state index contributed by atoms with van der Waals surface area (Å²) < 4.78 is 3.39. The van der Waals surface area contributed by atoms with E-state index in [1.54, 1.807) is 32.7 Å². The zero-order valence-electron chi connectivity index (χ0n) is 22.8. The first-order valence-corrected chi connectivity index (χ1v) is 13.2. The number of nitrogens with two attached hydrogens (primary N) is 1. The molecule has 2 aromatic heterocycles. The minimum absolute atomic E-state index is 0.189. The van der Waals surface area contributed by atoms with Gasteiger partial charge in [0.1, 0.15) is 5.84 Å². The van der Waals surface area contributed by atoms with Crippen molar-refractivity contribution >= 4 is 28.7 Å². The maximum atomic E-state index is 14.2. The van der Waals surface area contributed by atoms with E-state index < -0.39 is 18.2 Å². The van der Waals surface area contributed by atoms with Crippen molar-refractivity contribution in [3.8, 4) is 17.5 Å². The third-order valence-electron chi connectivity index (χ3n) is 7.37. The molecule has 3 unspecified atom stereocenters. The molecule has 2 aromatic carbocycles. The normalized spacial score (nSPS) is 18.0. The number of pyridine rings is 1. The van der Waals surface area contributed by atoms with Gasteiger partial charge in [0.2, 0.25) is 0 Å². The number of benzene rings is 2. The van der Waals surface area contributed by atoms with E-state index in [-0.39, 0.29) is 17.3 Å². The fourth-order valence-electron chi connectivity index (χ4n) is 5.13. The second kappa shape index (κ2) is 10.3. The molecule has 0 fully saturated rings. The lowest BCUT2D eigenvalue weighted by atomic mass is 10.0. The zero-order chi connectivity index (χ0) is 28.7. The number of fused-ring (bicyclic) bond motifs is 2. The molecule has 0 spiro atoms. The minimum Gasteiger partial charge on any atom is -0.385 e. The number of allylic oxidation sites excluding steroid dienone is 1. The third kappa shape index (κ3) is 4.57. The molecule has 10 heteroatoms. The van der Waals surface area contributed by atoms with Crippen LogP contribution in [0.2, 0.25) is 0 Å². The van der Waals surface area contributed by atoms with Crippen LogP contribution in [0.5, 0.6) is 0 Å². The zero-order valence-corrected chi connectivity index (χ0v) is 22.8. The molecule has 0 saturated carbocycles. The lowest BCUT2D eigenvalue weighted by Crippen LogP contribution is -2.51. The van der Waals surface area contributed by atoms with Crippen LogP contribution in [-0.4, -0.2) is 49.5 Å². The monoisotopic (exact) mass is 544 g/mol. The number of hydrazone groups is 1. The Morgan fingerprint density at radius 2 is 1.88 bits per heavy atom. The van der Waals surface area contributed by atoms with Crippen molar-refractivity contribution in [2.45, 2.75) is 32.1 Å². The van der Waals surface area contributed by atoms with Gasteiger partial charge in [-0.3, -0.25) is 18.8 Å². The molecule has 0 bridgehead atoms. The van der Waals surface area contributed by atoms with Crippen molar-refractivity contribution in [3.63, 3.8) is 0 Å². The van der Waals surface area contributed by atoms with Crippen LogP contribution in [0.3, 0.4) is 0 Å². The summed E-state index contributed by atoms with van der Waals surface area (Å²) in [7, 11) is 1.86. The molecule has 0 radical (unpaired) electrons. The van der Waals surface area contributed by atoms with E-state index in [4.69, 9.17) is 5.73 Å². The van der Waals surface area contributed by atoms with Crippen molar-refractivity contribution in [3.05, 3.63) is 106 Å². The molecule has 4 aromatic rings. The number of carbonyl (C=O) groups is 1. The second-order valence-electron chi connectivity index (χ2n) is 9.96. The molecular formula is C31H28N8O2. The summed E-state index contributed by atoms with van der Waals surface area (Å²) in [4.78, 5) is 32.1. The molecule has 41 heavy (non-hydrogen) atoms. The number of amidine groups is 1. The first kappa shape index (κ1) is 25.8. The Morgan fingerprint density at radius 3 is 2.63 bits per heavy atom. The highest BCUT2D eigenvalue weighted by Gasteiger charge is 2.39. The number of amides is 1. The Morgan fingerprint density at radius 1 is 1.10 bits per heavy atom. The largest absolute Gasteiger partial charge is 0.385 e. The van der Waals surface area contributed by atoms with Gasteiger partial charge in [-0.2, -0.15) is 10.2 Å². The first-order valence-electron chi connectivity index (χ1n) is 13.2. The summed E-state index contributed by atoms with van der Waals surface area (Å²) in [5, 5.41) is 14.4. The molecule has 2 aliphatic rings. The van der Waals surface area contributed by atoms with Crippen LogP contribution >= 0.6 is 0 Å². The fourth-order valence-corrected chi connectivity index (χ4v) is 5.13. The second-order valence-corrected chi connectivity index (χ2v) is 9.96. The lowest BCUT2D eigenvalue weighted by Gasteiger charge is -2.27.